The second kappa shape index (κ2) is 6.44. The minimum absolute atomic E-state index is 0.165. The van der Waals surface area contributed by atoms with Crippen LogP contribution in [0.2, 0.25) is 0 Å². The third kappa shape index (κ3) is 3.38. The van der Waals surface area contributed by atoms with E-state index >= 15 is 0 Å². The van der Waals surface area contributed by atoms with E-state index in [4.69, 9.17) is 12.2 Å². The first-order valence-corrected chi connectivity index (χ1v) is 8.28. The Morgan fingerprint density at radius 1 is 1.22 bits per heavy atom. The van der Waals surface area contributed by atoms with Gasteiger partial charge in [0.25, 0.3) is 5.91 Å². The van der Waals surface area contributed by atoms with E-state index in [1.165, 1.54) is 5.56 Å². The molecular weight excluding hydrogens is 326 g/mol. The number of thiocarbonyl (C=S) groups is 1. The summed E-state index contributed by atoms with van der Waals surface area (Å²) in [6.45, 7) is 2.06. The predicted octanol–water partition coefficient (Wildman–Crippen LogP) is 3.16. The zero-order valence-corrected chi connectivity index (χ0v) is 14.4. The molecule has 0 atom stereocenters. The van der Waals surface area contributed by atoms with Crippen LogP contribution in [0.25, 0.3) is 10.2 Å². The maximum Gasteiger partial charge on any atom is 0.257 e. The molecule has 1 aromatic heterocycles. The number of aryl methyl sites for hydroxylation is 2. The number of nitrogens with zero attached hydrogens (tertiary/aromatic N) is 2. The smallest absolute Gasteiger partial charge is 0.257 e. The molecule has 3 rings (SSSR count). The number of aromatic nitrogens is 1. The summed E-state index contributed by atoms with van der Waals surface area (Å²) in [6.07, 6.45) is 0. The number of carbonyl (C=O) groups is 1. The molecule has 116 valence electrons. The van der Waals surface area contributed by atoms with Crippen LogP contribution in [0.15, 0.2) is 53.5 Å². The topological polar surface area (TPSA) is 46.4 Å². The Kier molecular flexibility index (Phi) is 4.36. The number of fused-ring (bicyclic) bond motifs is 1. The minimum Gasteiger partial charge on any atom is -0.319 e. The fourth-order valence-electron chi connectivity index (χ4n) is 2.22. The molecule has 0 unspecified atom stereocenters. The summed E-state index contributed by atoms with van der Waals surface area (Å²) in [5, 5.41) is 2.81. The van der Waals surface area contributed by atoms with E-state index in [1.807, 2.05) is 29.8 Å². The molecule has 0 aliphatic carbocycles. The maximum atomic E-state index is 12.1. The van der Waals surface area contributed by atoms with Crippen LogP contribution >= 0.6 is 23.6 Å². The summed E-state index contributed by atoms with van der Waals surface area (Å²) in [4.78, 5) is 17.2. The summed E-state index contributed by atoms with van der Waals surface area (Å²) >= 11 is 6.74. The second-order valence-corrected chi connectivity index (χ2v) is 6.55. The minimum atomic E-state index is -0.251. The average Bonchev–Trinajstić information content (AvgIpc) is 2.83. The Morgan fingerprint density at radius 3 is 2.70 bits per heavy atom. The average molecular weight is 341 g/mol. The van der Waals surface area contributed by atoms with E-state index < -0.39 is 0 Å². The molecule has 23 heavy (non-hydrogen) atoms. The van der Waals surface area contributed by atoms with Crippen LogP contribution in [0.1, 0.15) is 15.9 Å². The van der Waals surface area contributed by atoms with Gasteiger partial charge in [-0.25, -0.2) is 0 Å². The van der Waals surface area contributed by atoms with Gasteiger partial charge >= 0.3 is 0 Å². The van der Waals surface area contributed by atoms with Crippen molar-refractivity contribution >= 4 is 44.8 Å². The fourth-order valence-corrected chi connectivity index (χ4v) is 3.58. The fraction of sp³-hybridized carbons (Fsp3) is 0.118. The highest BCUT2D eigenvalue weighted by molar-refractivity contribution is 7.80. The van der Waals surface area contributed by atoms with Crippen LogP contribution < -0.4 is 10.1 Å². The highest BCUT2D eigenvalue weighted by Gasteiger charge is 2.07. The molecule has 0 aliphatic heterocycles. The van der Waals surface area contributed by atoms with Crippen molar-refractivity contribution in [3.05, 3.63) is 64.5 Å². The molecular formula is C17H15N3OS2. The summed E-state index contributed by atoms with van der Waals surface area (Å²) in [5.74, 6) is -0.251. The molecule has 0 radical (unpaired) electrons. The van der Waals surface area contributed by atoms with Gasteiger partial charge in [0.1, 0.15) is 0 Å². The van der Waals surface area contributed by atoms with Crippen LogP contribution in [-0.2, 0) is 7.05 Å². The molecule has 1 heterocycles. The highest BCUT2D eigenvalue weighted by Crippen LogP contribution is 2.17. The Bertz CT molecular complexity index is 955. The Morgan fingerprint density at radius 2 is 1.96 bits per heavy atom. The van der Waals surface area contributed by atoms with Gasteiger partial charge in [0.2, 0.25) is 5.11 Å². The molecule has 0 saturated heterocycles. The normalized spacial score (nSPS) is 11.7. The number of hydrogen-bond acceptors (Lipinski definition) is 3. The molecule has 1 amide bonds. The first kappa shape index (κ1) is 15.6. The van der Waals surface area contributed by atoms with Gasteiger partial charge in [0, 0.05) is 12.6 Å². The molecule has 3 aromatic rings. The SMILES string of the molecule is Cc1ccc2c(c1)sc(=NC(=S)NC(=O)c1ccccc1)n2C. The highest BCUT2D eigenvalue weighted by atomic mass is 32.1. The number of amides is 1. The number of rotatable bonds is 1. The summed E-state index contributed by atoms with van der Waals surface area (Å²) < 4.78 is 3.11. The predicted molar refractivity (Wildman–Crippen MR) is 97.6 cm³/mol. The van der Waals surface area contributed by atoms with Crippen molar-refractivity contribution in [1.82, 2.24) is 9.88 Å². The quantitative estimate of drug-likeness (QED) is 0.691. The van der Waals surface area contributed by atoms with Gasteiger partial charge in [-0.05, 0) is 49.0 Å². The largest absolute Gasteiger partial charge is 0.319 e. The molecule has 2 aromatic carbocycles. The Hall–Kier alpha value is -2.31. The molecule has 0 spiro atoms. The van der Waals surface area contributed by atoms with Crippen LogP contribution in [0.3, 0.4) is 0 Å². The van der Waals surface area contributed by atoms with Crippen molar-refractivity contribution < 1.29 is 4.79 Å². The van der Waals surface area contributed by atoms with Crippen LogP contribution in [0.5, 0.6) is 0 Å². The van der Waals surface area contributed by atoms with E-state index in [-0.39, 0.29) is 11.0 Å². The lowest BCUT2D eigenvalue weighted by Gasteiger charge is -2.02. The zero-order valence-electron chi connectivity index (χ0n) is 12.7. The van der Waals surface area contributed by atoms with Gasteiger partial charge in [-0.15, -0.1) is 0 Å². The van der Waals surface area contributed by atoms with Crippen LogP contribution in [0.4, 0.5) is 0 Å². The van der Waals surface area contributed by atoms with Crippen molar-refractivity contribution in [3.8, 4) is 0 Å². The summed E-state index contributed by atoms with van der Waals surface area (Å²) in [6, 6.07) is 15.2. The van der Waals surface area contributed by atoms with E-state index in [1.54, 1.807) is 23.5 Å². The Labute approximate surface area is 143 Å². The summed E-state index contributed by atoms with van der Waals surface area (Å²) in [5.41, 5.74) is 2.85. The molecule has 0 saturated carbocycles. The van der Waals surface area contributed by atoms with Crippen LogP contribution in [-0.4, -0.2) is 15.6 Å². The van der Waals surface area contributed by atoms with E-state index in [0.717, 1.165) is 15.0 Å². The van der Waals surface area contributed by atoms with E-state index in [9.17, 15) is 4.79 Å². The second-order valence-electron chi connectivity index (χ2n) is 5.15. The van der Waals surface area contributed by atoms with E-state index in [0.29, 0.717) is 5.56 Å². The molecule has 6 heteroatoms. The third-order valence-corrected chi connectivity index (χ3v) is 4.71. The van der Waals surface area contributed by atoms with Gasteiger partial charge in [-0.3, -0.25) is 10.1 Å². The van der Waals surface area contributed by atoms with E-state index in [2.05, 4.69) is 35.4 Å². The van der Waals surface area contributed by atoms with Crippen LogP contribution in [0, 0.1) is 6.92 Å². The molecule has 4 nitrogen and oxygen atoms in total. The first-order chi connectivity index (χ1) is 11.0. The van der Waals surface area contributed by atoms with Crippen molar-refractivity contribution in [2.45, 2.75) is 6.92 Å². The molecule has 1 N–H and O–H groups in total. The summed E-state index contributed by atoms with van der Waals surface area (Å²) in [7, 11) is 1.94. The van der Waals surface area contributed by atoms with Gasteiger partial charge in [-0.2, -0.15) is 4.99 Å². The number of thiazole rings is 1. The van der Waals surface area contributed by atoms with Crippen molar-refractivity contribution in [2.24, 2.45) is 12.0 Å². The lowest BCUT2D eigenvalue weighted by atomic mass is 10.2. The third-order valence-electron chi connectivity index (χ3n) is 3.42. The molecule has 0 aliphatic rings. The van der Waals surface area contributed by atoms with Crippen molar-refractivity contribution in [2.75, 3.05) is 0 Å². The van der Waals surface area contributed by atoms with Gasteiger partial charge < -0.3 is 4.57 Å². The number of carbonyl (C=O) groups excluding carboxylic acids is 1. The molecule has 0 fully saturated rings. The number of benzene rings is 2. The zero-order chi connectivity index (χ0) is 16.4. The van der Waals surface area contributed by atoms with Gasteiger partial charge in [-0.1, -0.05) is 35.6 Å². The lowest BCUT2D eigenvalue weighted by Crippen LogP contribution is -2.29. The Balaban J connectivity index is 1.88. The van der Waals surface area contributed by atoms with Gasteiger partial charge in [0.05, 0.1) is 10.2 Å². The maximum absolute atomic E-state index is 12.1. The number of nitrogens with one attached hydrogen (secondary N) is 1. The van der Waals surface area contributed by atoms with Crippen molar-refractivity contribution in [3.63, 3.8) is 0 Å². The standard InChI is InChI=1S/C17H15N3OS2/c1-11-8-9-13-14(10-11)23-17(20(13)2)19-16(22)18-15(21)12-6-4-3-5-7-12/h3-10H,1-2H3,(H,18,21,22). The first-order valence-electron chi connectivity index (χ1n) is 7.06. The van der Waals surface area contributed by atoms with Gasteiger partial charge in [0.15, 0.2) is 4.80 Å². The molecule has 0 bridgehead atoms. The van der Waals surface area contributed by atoms with Crippen molar-refractivity contribution in [1.29, 1.82) is 0 Å². The monoisotopic (exact) mass is 341 g/mol. The lowest BCUT2D eigenvalue weighted by molar-refractivity contribution is 0.0977. The number of hydrogen-bond donors (Lipinski definition) is 1.